The lowest BCUT2D eigenvalue weighted by atomic mass is 10.1. The molecule has 0 aliphatic carbocycles. The molecule has 1 atom stereocenters. The molecule has 1 fully saturated rings. The van der Waals surface area contributed by atoms with E-state index in [9.17, 15) is 4.79 Å². The van der Waals surface area contributed by atoms with Crippen molar-refractivity contribution in [1.29, 1.82) is 0 Å². The van der Waals surface area contributed by atoms with Gasteiger partial charge in [0, 0.05) is 0 Å². The number of ether oxygens (including phenoxy) is 1. The Labute approximate surface area is 121 Å². The smallest absolute Gasteiger partial charge is 0.253 e. The minimum atomic E-state index is -0.457. The number of hydrogen-bond acceptors (Lipinski definition) is 3. The maximum atomic E-state index is 11.8. The Hall–Kier alpha value is -2.40. The Morgan fingerprint density at radius 3 is 2.45 bits per heavy atom. The van der Waals surface area contributed by atoms with Gasteiger partial charge < -0.3 is 15.4 Å². The number of benzene rings is 2. The quantitative estimate of drug-likeness (QED) is 0.850. The molecule has 0 aromatic heterocycles. The summed E-state index contributed by atoms with van der Waals surface area (Å²) in [5.41, 5.74) is 0.816. The third kappa shape index (κ3) is 2.62. The first-order valence-electron chi connectivity index (χ1n) is 6.16. The highest BCUT2D eigenvalue weighted by atomic mass is 32.1. The van der Waals surface area contributed by atoms with Crippen LogP contribution in [0.1, 0.15) is 11.6 Å². The van der Waals surface area contributed by atoms with Crippen molar-refractivity contribution < 1.29 is 9.53 Å². The predicted molar refractivity (Wildman–Crippen MR) is 79.6 cm³/mol. The van der Waals surface area contributed by atoms with Crippen LogP contribution >= 0.6 is 12.2 Å². The van der Waals surface area contributed by atoms with Crippen molar-refractivity contribution in [2.24, 2.45) is 0 Å². The maximum Gasteiger partial charge on any atom is 0.253 e. The van der Waals surface area contributed by atoms with Gasteiger partial charge in [-0.05, 0) is 42.0 Å². The largest absolute Gasteiger partial charge is 0.457 e. The van der Waals surface area contributed by atoms with Crippen LogP contribution in [0.2, 0.25) is 0 Å². The fourth-order valence-electron chi connectivity index (χ4n) is 2.03. The minimum absolute atomic E-state index is 0.146. The summed E-state index contributed by atoms with van der Waals surface area (Å²) in [5, 5.41) is 5.86. The molecule has 2 aromatic carbocycles. The topological polar surface area (TPSA) is 50.4 Å². The summed E-state index contributed by atoms with van der Waals surface area (Å²) in [6, 6.07) is 16.4. The van der Waals surface area contributed by atoms with Gasteiger partial charge in [0.2, 0.25) is 0 Å². The first-order chi connectivity index (χ1) is 9.72. The van der Waals surface area contributed by atoms with Gasteiger partial charge in [0.1, 0.15) is 17.5 Å². The summed E-state index contributed by atoms with van der Waals surface area (Å²) in [7, 11) is 0. The van der Waals surface area contributed by atoms with E-state index >= 15 is 0 Å². The van der Waals surface area contributed by atoms with Crippen LogP contribution < -0.4 is 15.4 Å². The average Bonchev–Trinajstić information content (AvgIpc) is 2.79. The molecule has 100 valence electrons. The number of nitrogens with one attached hydrogen (secondary N) is 2. The van der Waals surface area contributed by atoms with Crippen LogP contribution in [-0.2, 0) is 4.79 Å². The van der Waals surface area contributed by atoms with Crippen molar-refractivity contribution in [2.75, 3.05) is 0 Å². The lowest BCUT2D eigenvalue weighted by Gasteiger charge is -2.11. The lowest BCUT2D eigenvalue weighted by molar-refractivity contribution is -0.120. The molecule has 1 unspecified atom stereocenters. The Bertz CT molecular complexity index is 658. The van der Waals surface area contributed by atoms with Crippen LogP contribution in [0.3, 0.4) is 0 Å². The van der Waals surface area contributed by atoms with Gasteiger partial charge in [-0.25, -0.2) is 0 Å². The molecule has 0 bridgehead atoms. The number of rotatable bonds is 3. The zero-order valence-corrected chi connectivity index (χ0v) is 11.3. The van der Waals surface area contributed by atoms with Crippen molar-refractivity contribution in [3.05, 3.63) is 60.2 Å². The van der Waals surface area contributed by atoms with Crippen molar-refractivity contribution in [1.82, 2.24) is 10.6 Å². The van der Waals surface area contributed by atoms with Gasteiger partial charge in [0.15, 0.2) is 5.11 Å². The van der Waals surface area contributed by atoms with Crippen LogP contribution in [0, 0.1) is 0 Å². The van der Waals surface area contributed by atoms with Gasteiger partial charge in [-0.1, -0.05) is 30.3 Å². The molecular formula is C15H12N2O2S. The third-order valence-electron chi connectivity index (χ3n) is 2.94. The van der Waals surface area contributed by atoms with E-state index in [-0.39, 0.29) is 5.91 Å². The van der Waals surface area contributed by atoms with Crippen LogP contribution in [0.15, 0.2) is 54.6 Å². The Balaban J connectivity index is 1.83. The summed E-state index contributed by atoms with van der Waals surface area (Å²) in [5.74, 6) is 1.29. The van der Waals surface area contributed by atoms with Crippen LogP contribution in [0.5, 0.6) is 11.5 Å². The molecule has 3 rings (SSSR count). The normalized spacial score (nSPS) is 17.5. The average molecular weight is 284 g/mol. The minimum Gasteiger partial charge on any atom is -0.457 e. The molecule has 1 aliphatic heterocycles. The third-order valence-corrected chi connectivity index (χ3v) is 3.16. The monoisotopic (exact) mass is 284 g/mol. The summed E-state index contributed by atoms with van der Waals surface area (Å²) in [6.07, 6.45) is 0. The molecule has 20 heavy (non-hydrogen) atoms. The number of carbonyl (C=O) groups is 1. The second-order valence-electron chi connectivity index (χ2n) is 4.38. The van der Waals surface area contributed by atoms with Crippen molar-refractivity contribution in [3.8, 4) is 11.5 Å². The summed E-state index contributed by atoms with van der Waals surface area (Å²) < 4.78 is 5.75. The van der Waals surface area contributed by atoms with Crippen LogP contribution in [0.4, 0.5) is 0 Å². The first kappa shape index (κ1) is 12.6. The van der Waals surface area contributed by atoms with E-state index in [1.54, 1.807) is 0 Å². The predicted octanol–water partition coefficient (Wildman–Crippen LogP) is 2.52. The molecule has 0 radical (unpaired) electrons. The van der Waals surface area contributed by atoms with Gasteiger partial charge in [-0.3, -0.25) is 4.79 Å². The number of amides is 1. The van der Waals surface area contributed by atoms with E-state index in [0.717, 1.165) is 11.3 Å². The van der Waals surface area contributed by atoms with E-state index in [1.165, 1.54) is 0 Å². The van der Waals surface area contributed by atoms with Gasteiger partial charge >= 0.3 is 0 Å². The van der Waals surface area contributed by atoms with Crippen molar-refractivity contribution in [3.63, 3.8) is 0 Å². The molecule has 1 saturated heterocycles. The highest BCUT2D eigenvalue weighted by molar-refractivity contribution is 7.80. The Morgan fingerprint density at radius 2 is 1.75 bits per heavy atom. The summed E-state index contributed by atoms with van der Waals surface area (Å²) in [4.78, 5) is 11.8. The lowest BCUT2D eigenvalue weighted by Crippen LogP contribution is -2.21. The standard InChI is InChI=1S/C15H12N2O2S/c18-14-13(16-15(20)17-14)10-5-4-8-12(9-10)19-11-6-2-1-3-7-11/h1-9,13H,(H2,16,17,18,20). The number of carbonyl (C=O) groups excluding carboxylic acids is 1. The van der Waals surface area contributed by atoms with E-state index in [2.05, 4.69) is 10.6 Å². The fraction of sp³-hybridized carbons (Fsp3) is 0.0667. The molecule has 2 aromatic rings. The molecule has 0 spiro atoms. The van der Waals surface area contributed by atoms with E-state index in [4.69, 9.17) is 17.0 Å². The first-order valence-corrected chi connectivity index (χ1v) is 6.57. The Kier molecular flexibility index (Phi) is 3.35. The molecule has 2 N–H and O–H groups in total. The molecule has 5 heteroatoms. The second kappa shape index (κ2) is 5.30. The van der Waals surface area contributed by atoms with Crippen LogP contribution in [0.25, 0.3) is 0 Å². The molecule has 4 nitrogen and oxygen atoms in total. The Morgan fingerprint density at radius 1 is 1.00 bits per heavy atom. The number of hydrogen-bond donors (Lipinski definition) is 2. The highest BCUT2D eigenvalue weighted by Gasteiger charge is 2.28. The zero-order valence-electron chi connectivity index (χ0n) is 10.5. The van der Waals surface area contributed by atoms with Crippen LogP contribution in [-0.4, -0.2) is 11.0 Å². The van der Waals surface area contributed by atoms with Gasteiger partial charge in [-0.2, -0.15) is 0 Å². The summed E-state index contributed by atoms with van der Waals surface area (Å²) >= 11 is 4.94. The molecule has 0 saturated carbocycles. The van der Waals surface area contributed by atoms with Crippen molar-refractivity contribution >= 4 is 23.2 Å². The fourth-order valence-corrected chi connectivity index (χ4v) is 2.25. The number of para-hydroxylation sites is 1. The highest BCUT2D eigenvalue weighted by Crippen LogP contribution is 2.25. The summed E-state index contributed by atoms with van der Waals surface area (Å²) in [6.45, 7) is 0. The van der Waals surface area contributed by atoms with Gasteiger partial charge in [0.25, 0.3) is 5.91 Å². The molecule has 1 aliphatic rings. The van der Waals surface area contributed by atoms with Crippen molar-refractivity contribution in [2.45, 2.75) is 6.04 Å². The molecule has 1 amide bonds. The molecular weight excluding hydrogens is 272 g/mol. The van der Waals surface area contributed by atoms with E-state index < -0.39 is 6.04 Å². The second-order valence-corrected chi connectivity index (χ2v) is 4.79. The molecule has 1 heterocycles. The van der Waals surface area contributed by atoms with E-state index in [0.29, 0.717) is 10.9 Å². The SMILES string of the molecule is O=C1NC(=S)NC1c1cccc(Oc2ccccc2)c1. The number of thiocarbonyl (C=S) groups is 1. The zero-order chi connectivity index (χ0) is 13.9. The van der Waals surface area contributed by atoms with E-state index in [1.807, 2.05) is 54.6 Å². The maximum absolute atomic E-state index is 11.8. The van der Waals surface area contributed by atoms with Gasteiger partial charge in [-0.15, -0.1) is 0 Å². The van der Waals surface area contributed by atoms with Gasteiger partial charge in [0.05, 0.1) is 0 Å².